The van der Waals surface area contributed by atoms with Crippen molar-refractivity contribution < 1.29 is 9.53 Å². The molecule has 8 heteroatoms. The minimum atomic E-state index is 0.0445. The third kappa shape index (κ3) is 5.23. The molecule has 1 aliphatic rings. The Hall–Kier alpha value is -4.64. The van der Waals surface area contributed by atoms with Crippen LogP contribution in [-0.4, -0.2) is 58.2 Å². The van der Waals surface area contributed by atoms with Crippen LogP contribution in [0.15, 0.2) is 79.3 Å². The molecule has 38 heavy (non-hydrogen) atoms. The Kier molecular flexibility index (Phi) is 7.36. The Bertz CT molecular complexity index is 1480. The van der Waals surface area contributed by atoms with Crippen molar-refractivity contribution >= 4 is 17.2 Å². The molecular formula is C30H30N6O2. The third-order valence-corrected chi connectivity index (χ3v) is 6.85. The zero-order chi connectivity index (χ0) is 26.5. The number of pyridine rings is 2. The van der Waals surface area contributed by atoms with Gasteiger partial charge in [0.2, 0.25) is 5.91 Å². The summed E-state index contributed by atoms with van der Waals surface area (Å²) in [4.78, 5) is 21.6. The Balaban J connectivity index is 1.26. The van der Waals surface area contributed by atoms with Crippen molar-refractivity contribution in [2.24, 2.45) is 0 Å². The van der Waals surface area contributed by atoms with E-state index in [1.165, 1.54) is 5.56 Å². The molecule has 3 aromatic heterocycles. The fourth-order valence-corrected chi connectivity index (χ4v) is 4.73. The minimum Gasteiger partial charge on any atom is -0.492 e. The molecule has 0 N–H and O–H groups in total. The van der Waals surface area contributed by atoms with Crippen LogP contribution < -0.4 is 9.64 Å². The first-order valence-corrected chi connectivity index (χ1v) is 12.8. The van der Waals surface area contributed by atoms with Gasteiger partial charge in [-0.1, -0.05) is 43.3 Å². The van der Waals surface area contributed by atoms with Gasteiger partial charge in [-0.25, -0.2) is 9.50 Å². The van der Waals surface area contributed by atoms with Crippen molar-refractivity contribution in [3.8, 4) is 22.9 Å². The topological polar surface area (TPSA) is 86.8 Å². The number of ether oxygens (including phenoxy) is 1. The first kappa shape index (κ1) is 25.0. The number of anilines is 1. The summed E-state index contributed by atoms with van der Waals surface area (Å²) in [7, 11) is 0. The lowest BCUT2D eigenvalue weighted by Crippen LogP contribution is -2.48. The Labute approximate surface area is 222 Å². The zero-order valence-corrected chi connectivity index (χ0v) is 21.6. The van der Waals surface area contributed by atoms with Crippen molar-refractivity contribution in [2.45, 2.75) is 19.8 Å². The molecule has 8 nitrogen and oxygen atoms in total. The average Bonchev–Trinajstić information content (AvgIpc) is 3.39. The van der Waals surface area contributed by atoms with Crippen LogP contribution in [0.3, 0.4) is 0 Å². The number of aromatic nitrogens is 3. The summed E-state index contributed by atoms with van der Waals surface area (Å²) < 4.78 is 7.39. The minimum absolute atomic E-state index is 0.0445. The van der Waals surface area contributed by atoms with Crippen LogP contribution in [0, 0.1) is 11.3 Å². The van der Waals surface area contributed by atoms with E-state index >= 15 is 0 Å². The van der Waals surface area contributed by atoms with E-state index in [0.29, 0.717) is 44.1 Å². The second kappa shape index (κ2) is 11.2. The molecule has 1 unspecified atom stereocenters. The third-order valence-electron chi connectivity index (χ3n) is 6.85. The van der Waals surface area contributed by atoms with Gasteiger partial charge < -0.3 is 14.5 Å². The summed E-state index contributed by atoms with van der Waals surface area (Å²) >= 11 is 0. The van der Waals surface area contributed by atoms with Crippen LogP contribution in [0.4, 0.5) is 5.82 Å². The molecule has 0 bridgehead atoms. The number of nitriles is 1. The van der Waals surface area contributed by atoms with Gasteiger partial charge in [-0.05, 0) is 42.7 Å². The highest BCUT2D eigenvalue weighted by atomic mass is 16.5. The summed E-state index contributed by atoms with van der Waals surface area (Å²) in [6.45, 7) is 7.27. The lowest BCUT2D eigenvalue weighted by atomic mass is 10.0. The number of piperazine rings is 1. The van der Waals surface area contributed by atoms with E-state index in [1.54, 1.807) is 23.0 Å². The molecule has 1 aromatic carbocycles. The van der Waals surface area contributed by atoms with Crippen LogP contribution in [0.2, 0.25) is 0 Å². The second-order valence-electron chi connectivity index (χ2n) is 9.26. The van der Waals surface area contributed by atoms with Gasteiger partial charge in [-0.2, -0.15) is 10.4 Å². The van der Waals surface area contributed by atoms with Crippen LogP contribution in [-0.2, 0) is 4.79 Å². The number of fused-ring (bicyclic) bond motifs is 1. The quantitative estimate of drug-likeness (QED) is 0.339. The van der Waals surface area contributed by atoms with Crippen molar-refractivity contribution in [2.75, 3.05) is 37.7 Å². The summed E-state index contributed by atoms with van der Waals surface area (Å²) in [6.07, 6.45) is 8.83. The van der Waals surface area contributed by atoms with Gasteiger partial charge >= 0.3 is 0 Å². The SMILES string of the molecule is CCOc1cc(-c2ccc(N3CCN(C(=O)/C=C/C(C)c4ccccc4)CC3)nc2)c2c(C#N)cnn2c1. The number of hydrogen-bond acceptors (Lipinski definition) is 6. The maximum atomic E-state index is 12.8. The number of benzene rings is 1. The number of allylic oxidation sites excluding steroid dienone is 1. The highest BCUT2D eigenvalue weighted by molar-refractivity contribution is 5.88. The molecular weight excluding hydrogens is 476 g/mol. The smallest absolute Gasteiger partial charge is 0.246 e. The Morgan fingerprint density at radius 3 is 2.61 bits per heavy atom. The van der Waals surface area contributed by atoms with Crippen molar-refractivity contribution in [1.82, 2.24) is 19.5 Å². The maximum Gasteiger partial charge on any atom is 0.246 e. The van der Waals surface area contributed by atoms with Gasteiger partial charge in [0, 0.05) is 43.5 Å². The van der Waals surface area contributed by atoms with Crippen molar-refractivity contribution in [3.05, 3.63) is 90.4 Å². The van der Waals surface area contributed by atoms with E-state index in [9.17, 15) is 10.1 Å². The molecule has 0 aliphatic carbocycles. The highest BCUT2D eigenvalue weighted by Crippen LogP contribution is 2.31. The summed E-state index contributed by atoms with van der Waals surface area (Å²) in [5.74, 6) is 1.77. The van der Waals surface area contributed by atoms with Gasteiger partial charge in [0.05, 0.1) is 30.1 Å². The number of nitrogens with zero attached hydrogens (tertiary/aromatic N) is 6. The van der Waals surface area contributed by atoms with E-state index in [0.717, 1.165) is 22.5 Å². The average molecular weight is 507 g/mol. The summed E-state index contributed by atoms with van der Waals surface area (Å²) in [5, 5.41) is 13.9. The zero-order valence-electron chi connectivity index (χ0n) is 21.6. The molecule has 1 saturated heterocycles. The van der Waals surface area contributed by atoms with Crippen LogP contribution >= 0.6 is 0 Å². The van der Waals surface area contributed by atoms with E-state index in [4.69, 9.17) is 9.72 Å². The van der Waals surface area contributed by atoms with Crippen LogP contribution in [0.1, 0.15) is 30.9 Å². The van der Waals surface area contributed by atoms with Crippen molar-refractivity contribution in [1.29, 1.82) is 5.26 Å². The first-order valence-electron chi connectivity index (χ1n) is 12.8. The molecule has 4 heterocycles. The lowest BCUT2D eigenvalue weighted by Gasteiger charge is -2.35. The highest BCUT2D eigenvalue weighted by Gasteiger charge is 2.21. The molecule has 1 aliphatic heterocycles. The summed E-state index contributed by atoms with van der Waals surface area (Å²) in [5.41, 5.74) is 4.14. The predicted octanol–water partition coefficient (Wildman–Crippen LogP) is 4.68. The first-order chi connectivity index (χ1) is 18.6. The molecule has 1 fully saturated rings. The monoisotopic (exact) mass is 506 g/mol. The van der Waals surface area contributed by atoms with E-state index in [-0.39, 0.29) is 11.8 Å². The van der Waals surface area contributed by atoms with Gasteiger partial charge in [0.1, 0.15) is 17.6 Å². The molecule has 1 atom stereocenters. The van der Waals surface area contributed by atoms with Crippen molar-refractivity contribution in [3.63, 3.8) is 0 Å². The molecule has 1 amide bonds. The molecule has 0 spiro atoms. The lowest BCUT2D eigenvalue weighted by molar-refractivity contribution is -0.126. The van der Waals surface area contributed by atoms with Gasteiger partial charge in [-0.3, -0.25) is 4.79 Å². The molecule has 0 radical (unpaired) electrons. The largest absolute Gasteiger partial charge is 0.492 e. The molecule has 192 valence electrons. The summed E-state index contributed by atoms with van der Waals surface area (Å²) in [6, 6.07) is 18.3. The number of amides is 1. The Morgan fingerprint density at radius 1 is 1.13 bits per heavy atom. The van der Waals surface area contributed by atoms with Crippen LogP contribution in [0.5, 0.6) is 5.75 Å². The number of carbonyl (C=O) groups excluding carboxylic acids is 1. The second-order valence-corrected chi connectivity index (χ2v) is 9.26. The fraction of sp³-hybridized carbons (Fsp3) is 0.267. The van der Waals surface area contributed by atoms with Gasteiger partial charge in [-0.15, -0.1) is 0 Å². The fourth-order valence-electron chi connectivity index (χ4n) is 4.73. The van der Waals surface area contributed by atoms with Gasteiger partial charge in [0.25, 0.3) is 0 Å². The Morgan fingerprint density at radius 2 is 1.92 bits per heavy atom. The normalized spacial score (nSPS) is 14.6. The maximum absolute atomic E-state index is 12.8. The number of hydrogen-bond donors (Lipinski definition) is 0. The van der Waals surface area contributed by atoms with Gasteiger partial charge in [0.15, 0.2) is 0 Å². The number of rotatable bonds is 7. The number of carbonyl (C=O) groups is 1. The molecule has 0 saturated carbocycles. The van der Waals surface area contributed by atoms with Crippen LogP contribution in [0.25, 0.3) is 16.6 Å². The standard InChI is InChI=1S/C30H30N6O2/c1-3-38-26-17-27(30-25(18-31)20-33-36(30)21-26)24-10-11-28(32-19-24)34-13-15-35(16-14-34)29(37)12-9-22(2)23-7-5-4-6-8-23/h4-12,17,19-22H,3,13-16H2,1-2H3/b12-9+. The van der Waals surface area contributed by atoms with E-state index in [1.807, 2.05) is 60.5 Å². The molecule has 4 aromatic rings. The van der Waals surface area contributed by atoms with E-state index in [2.05, 4.69) is 35.1 Å². The molecule has 5 rings (SSSR count). The van der Waals surface area contributed by atoms with E-state index < -0.39 is 0 Å². The predicted molar refractivity (Wildman–Crippen MR) is 147 cm³/mol.